The summed E-state index contributed by atoms with van der Waals surface area (Å²) in [5.74, 6) is -1.00. The summed E-state index contributed by atoms with van der Waals surface area (Å²) in [6.07, 6.45) is -2.06. The number of hydrogen-bond acceptors (Lipinski definition) is 11. The van der Waals surface area contributed by atoms with E-state index < -0.39 is 52.2 Å². The van der Waals surface area contributed by atoms with Crippen LogP contribution in [0, 0.1) is 5.92 Å². The standard InChI is InChI=1S/C19H25N5O11P2/c1-32-8-12-13(9-33-37(30,31)35-36(27,28)29)34-18(15(12)25)24-10-23(7-11-5-3-2-4-6-11)14-16(24)21-19(20)22-17(14)26/h2-6,10,12-13,15,18,25H,7-9H2,1H3,(H5-,20,21,22,26,27,28,29,30,31)/t12-,13-,15-,18-/m1/s1. The number of aliphatic hydroxyl groups is 1. The highest BCUT2D eigenvalue weighted by Crippen LogP contribution is 2.56. The lowest BCUT2D eigenvalue weighted by Crippen LogP contribution is -2.37. The lowest BCUT2D eigenvalue weighted by molar-refractivity contribution is -0.664. The highest BCUT2D eigenvalue weighted by molar-refractivity contribution is 7.60. The van der Waals surface area contributed by atoms with Gasteiger partial charge in [0, 0.05) is 13.0 Å². The molecule has 0 radical (unpaired) electrons. The first-order chi connectivity index (χ1) is 17.4. The van der Waals surface area contributed by atoms with Crippen LogP contribution in [-0.2, 0) is 34.0 Å². The molecular weight excluding hydrogens is 536 g/mol. The van der Waals surface area contributed by atoms with Gasteiger partial charge < -0.3 is 35.0 Å². The van der Waals surface area contributed by atoms with Crippen LogP contribution in [0.5, 0.6) is 0 Å². The van der Waals surface area contributed by atoms with Gasteiger partial charge in [-0.25, -0.2) is 13.4 Å². The molecule has 0 aliphatic carbocycles. The molecule has 37 heavy (non-hydrogen) atoms. The minimum atomic E-state index is -5.57. The van der Waals surface area contributed by atoms with E-state index in [1.165, 1.54) is 18.0 Å². The average molecular weight is 561 g/mol. The molecule has 1 aliphatic heterocycles. The van der Waals surface area contributed by atoms with E-state index in [0.717, 1.165) is 5.56 Å². The largest absolute Gasteiger partial charge is 0.756 e. The van der Waals surface area contributed by atoms with Crippen LogP contribution in [0.25, 0.3) is 11.2 Å². The summed E-state index contributed by atoms with van der Waals surface area (Å²) in [6, 6.07) is 9.25. The molecule has 4 rings (SSSR count). The summed E-state index contributed by atoms with van der Waals surface area (Å²) in [5.41, 5.74) is 6.36. The van der Waals surface area contributed by atoms with Crippen molar-refractivity contribution in [2.45, 2.75) is 25.0 Å². The molecule has 3 aromatic rings. The fourth-order valence-electron chi connectivity index (χ4n) is 4.16. The molecule has 2 unspecified atom stereocenters. The van der Waals surface area contributed by atoms with Crippen molar-refractivity contribution >= 4 is 32.8 Å². The van der Waals surface area contributed by atoms with E-state index in [1.54, 1.807) is 4.57 Å². The van der Waals surface area contributed by atoms with Crippen molar-refractivity contribution in [1.29, 1.82) is 0 Å². The Hall–Kier alpha value is -2.49. The zero-order chi connectivity index (χ0) is 27.0. The number of aromatic amines is 1. The maximum atomic E-state index is 12.8. The number of H-pyrrole nitrogens is 1. The number of nitrogens with two attached hydrogens (primary N) is 1. The number of fused-ring (bicyclic) bond motifs is 1. The van der Waals surface area contributed by atoms with Gasteiger partial charge in [-0.3, -0.25) is 18.9 Å². The van der Waals surface area contributed by atoms with Crippen molar-refractivity contribution in [1.82, 2.24) is 14.5 Å². The second-order valence-corrected chi connectivity index (χ2v) is 11.0. The first-order valence-electron chi connectivity index (χ1n) is 10.8. The molecule has 3 heterocycles. The molecule has 18 heteroatoms. The molecule has 2 aromatic heterocycles. The lowest BCUT2D eigenvalue weighted by Gasteiger charge is -2.22. The van der Waals surface area contributed by atoms with Crippen LogP contribution in [-0.4, -0.2) is 62.0 Å². The van der Waals surface area contributed by atoms with Gasteiger partial charge in [0.25, 0.3) is 19.0 Å². The topological polar surface area (TPSA) is 235 Å². The van der Waals surface area contributed by atoms with Gasteiger partial charge in [0.2, 0.25) is 18.5 Å². The van der Waals surface area contributed by atoms with Crippen LogP contribution in [0.1, 0.15) is 11.8 Å². The summed E-state index contributed by atoms with van der Waals surface area (Å²) >= 11 is 0. The Morgan fingerprint density at radius 1 is 1.27 bits per heavy atom. The number of methoxy groups -OCH3 is 1. The van der Waals surface area contributed by atoms with Crippen LogP contribution < -0.4 is 20.8 Å². The Morgan fingerprint density at radius 2 is 1.97 bits per heavy atom. The molecule has 0 bridgehead atoms. The van der Waals surface area contributed by atoms with E-state index in [2.05, 4.69) is 18.8 Å². The van der Waals surface area contributed by atoms with Crippen molar-refractivity contribution < 1.29 is 51.8 Å². The second kappa shape index (κ2) is 10.7. The molecule has 1 aromatic carbocycles. The molecule has 202 valence electrons. The smallest absolute Gasteiger partial charge is 0.478 e. The van der Waals surface area contributed by atoms with E-state index in [-0.39, 0.29) is 30.3 Å². The van der Waals surface area contributed by atoms with Crippen LogP contribution in [0.4, 0.5) is 5.95 Å². The summed E-state index contributed by atoms with van der Waals surface area (Å²) in [6.45, 7) is -0.520. The fraction of sp³-hybridized carbons (Fsp3) is 0.421. The summed E-state index contributed by atoms with van der Waals surface area (Å²) < 4.78 is 45.1. The van der Waals surface area contributed by atoms with Crippen LogP contribution in [0.3, 0.4) is 0 Å². The quantitative estimate of drug-likeness (QED) is 0.144. The third-order valence-corrected chi connectivity index (χ3v) is 7.78. The van der Waals surface area contributed by atoms with Crippen molar-refractivity contribution in [3.63, 3.8) is 0 Å². The van der Waals surface area contributed by atoms with Gasteiger partial charge in [-0.1, -0.05) is 30.3 Å². The molecule has 1 saturated heterocycles. The summed E-state index contributed by atoms with van der Waals surface area (Å²) in [5, 5.41) is 11.1. The monoisotopic (exact) mass is 561 g/mol. The number of rotatable bonds is 10. The predicted molar refractivity (Wildman–Crippen MR) is 122 cm³/mol. The molecular formula is C19H25N5O11P2. The maximum absolute atomic E-state index is 12.8. The number of aromatic nitrogens is 4. The number of nitrogens with one attached hydrogen (secondary N) is 1. The van der Waals surface area contributed by atoms with Crippen molar-refractivity contribution in [3.8, 4) is 0 Å². The van der Waals surface area contributed by atoms with Gasteiger partial charge in [0.05, 0.1) is 19.3 Å². The first kappa shape index (κ1) is 27.5. The number of imidazole rings is 1. The van der Waals surface area contributed by atoms with E-state index in [9.17, 15) is 28.8 Å². The number of nitrogen functional groups attached to an aromatic ring is 1. The Bertz CT molecular complexity index is 1410. The van der Waals surface area contributed by atoms with Gasteiger partial charge in [-0.2, -0.15) is 9.55 Å². The Balaban J connectivity index is 1.68. The van der Waals surface area contributed by atoms with Crippen LogP contribution in [0.2, 0.25) is 0 Å². The van der Waals surface area contributed by atoms with E-state index in [0.29, 0.717) is 0 Å². The molecule has 0 spiro atoms. The van der Waals surface area contributed by atoms with Crippen molar-refractivity contribution in [3.05, 3.63) is 52.6 Å². The van der Waals surface area contributed by atoms with Gasteiger partial charge >= 0.3 is 13.4 Å². The number of phosphoric acid groups is 2. The SMILES string of the molecule is COC[C@H]1[C@@H](O)[C@H](n2c[n+](Cc3ccccc3)c3c(=O)[nH]c(N)nc32)O[C@@H]1COP(=O)(O)OP(=O)([O-])O. The lowest BCUT2D eigenvalue weighted by atomic mass is 9.99. The third-order valence-electron chi connectivity index (χ3n) is 5.65. The molecule has 6 N–H and O–H groups in total. The molecule has 16 nitrogen and oxygen atoms in total. The number of benzene rings is 1. The number of anilines is 1. The summed E-state index contributed by atoms with van der Waals surface area (Å²) in [4.78, 5) is 48.5. The van der Waals surface area contributed by atoms with Gasteiger partial charge in [0.15, 0.2) is 0 Å². The Kier molecular flexibility index (Phi) is 7.97. The second-order valence-electron chi connectivity index (χ2n) is 8.25. The van der Waals surface area contributed by atoms with Crippen LogP contribution in [0.15, 0.2) is 41.5 Å². The molecule has 1 fully saturated rings. The number of nitrogens with zero attached hydrogens (tertiary/aromatic N) is 3. The average Bonchev–Trinajstić information content (AvgIpc) is 3.29. The number of phosphoric ester groups is 1. The van der Waals surface area contributed by atoms with E-state index in [1.807, 2.05) is 30.3 Å². The highest BCUT2D eigenvalue weighted by atomic mass is 31.3. The number of aliphatic hydroxyl groups excluding tert-OH is 1. The van der Waals surface area contributed by atoms with Crippen molar-refractivity contribution in [2.24, 2.45) is 5.92 Å². The molecule has 1 aliphatic rings. The fourth-order valence-corrected chi connectivity index (χ4v) is 5.73. The normalized spacial score (nSPS) is 25.2. The van der Waals surface area contributed by atoms with Crippen molar-refractivity contribution in [2.75, 3.05) is 26.1 Å². The first-order valence-corrected chi connectivity index (χ1v) is 13.8. The Morgan fingerprint density at radius 3 is 2.62 bits per heavy atom. The number of hydrogen-bond donors (Lipinski definition) is 5. The summed E-state index contributed by atoms with van der Waals surface area (Å²) in [7, 11) is -9.44. The zero-order valence-corrected chi connectivity index (χ0v) is 21.1. The highest BCUT2D eigenvalue weighted by Gasteiger charge is 2.49. The predicted octanol–water partition coefficient (Wildman–Crippen LogP) is -1.24. The molecule has 0 amide bonds. The van der Waals surface area contributed by atoms with Gasteiger partial charge in [0.1, 0.15) is 12.6 Å². The minimum absolute atomic E-state index is 0.0817. The molecule has 6 atom stereocenters. The number of ether oxygens (including phenoxy) is 2. The third kappa shape index (κ3) is 6.33. The van der Waals surface area contributed by atoms with Crippen LogP contribution >= 0.6 is 15.6 Å². The van der Waals surface area contributed by atoms with Gasteiger partial charge in [-0.05, 0) is 5.56 Å². The van der Waals surface area contributed by atoms with E-state index in [4.69, 9.17) is 20.1 Å². The maximum Gasteiger partial charge on any atom is 0.478 e. The van der Waals surface area contributed by atoms with Gasteiger partial charge in [-0.15, -0.1) is 0 Å². The van der Waals surface area contributed by atoms with E-state index >= 15 is 0 Å². The Labute approximate surface area is 209 Å². The molecule has 0 saturated carbocycles. The zero-order valence-electron chi connectivity index (χ0n) is 19.3. The minimum Gasteiger partial charge on any atom is -0.756 e.